The first kappa shape index (κ1) is 23.5. The molecule has 0 atom stereocenters. The minimum absolute atomic E-state index is 0.119. The lowest BCUT2D eigenvalue weighted by atomic mass is 10.1. The average molecular weight is 495 g/mol. The number of aromatic amines is 1. The zero-order valence-corrected chi connectivity index (χ0v) is 20.4. The van der Waals surface area contributed by atoms with Crippen LogP contribution in [0.4, 0.5) is 4.39 Å². The summed E-state index contributed by atoms with van der Waals surface area (Å²) in [4.78, 5) is 21.0. The highest BCUT2D eigenvalue weighted by Gasteiger charge is 2.17. The maximum absolute atomic E-state index is 13.6. The minimum atomic E-state index is -0.311. The fourth-order valence-corrected chi connectivity index (χ4v) is 4.87. The second-order valence-electron chi connectivity index (χ2n) is 8.29. The van der Waals surface area contributed by atoms with Crippen LogP contribution in [0.15, 0.2) is 101 Å². The van der Waals surface area contributed by atoms with E-state index in [4.69, 9.17) is 0 Å². The molecule has 0 saturated heterocycles. The van der Waals surface area contributed by atoms with Gasteiger partial charge in [-0.25, -0.2) is 4.39 Å². The van der Waals surface area contributed by atoms with Crippen molar-refractivity contribution in [2.24, 2.45) is 0 Å². The number of nitrogens with zero attached hydrogens (tertiary/aromatic N) is 3. The molecule has 2 aromatic heterocycles. The van der Waals surface area contributed by atoms with Gasteiger partial charge in [0.05, 0.1) is 22.5 Å². The van der Waals surface area contributed by atoms with E-state index in [0.717, 1.165) is 37.6 Å². The molecule has 0 aliphatic heterocycles. The van der Waals surface area contributed by atoms with Crippen LogP contribution in [0.25, 0.3) is 23.1 Å². The molecule has 7 heteroatoms. The summed E-state index contributed by atoms with van der Waals surface area (Å²) in [5.41, 5.74) is 3.96. The smallest absolute Gasteiger partial charge is 0.255 e. The first-order chi connectivity index (χ1) is 17.6. The SMILES string of the molecule is CN(Cc1cccc(F)c1)C(=O)c1ccccc1Sc1ccc2c(/C=C/c3ccccn3)n[nH]c2c1. The molecule has 1 amide bonds. The second-order valence-corrected chi connectivity index (χ2v) is 9.41. The van der Waals surface area contributed by atoms with E-state index in [1.165, 1.54) is 23.9 Å². The van der Waals surface area contributed by atoms with Gasteiger partial charge in [-0.15, -0.1) is 0 Å². The summed E-state index contributed by atoms with van der Waals surface area (Å²) < 4.78 is 13.6. The third kappa shape index (κ3) is 5.37. The van der Waals surface area contributed by atoms with Crippen molar-refractivity contribution in [1.82, 2.24) is 20.1 Å². The predicted octanol–water partition coefficient (Wildman–Crippen LogP) is 6.69. The highest BCUT2D eigenvalue weighted by atomic mass is 32.2. The van der Waals surface area contributed by atoms with Crippen LogP contribution in [-0.2, 0) is 6.54 Å². The van der Waals surface area contributed by atoms with Crippen molar-refractivity contribution in [3.63, 3.8) is 0 Å². The molecule has 2 heterocycles. The number of fused-ring (bicyclic) bond motifs is 1. The van der Waals surface area contributed by atoms with E-state index < -0.39 is 0 Å². The van der Waals surface area contributed by atoms with Gasteiger partial charge in [0.25, 0.3) is 5.91 Å². The molecule has 5 aromatic rings. The van der Waals surface area contributed by atoms with Gasteiger partial charge in [0.2, 0.25) is 0 Å². The summed E-state index contributed by atoms with van der Waals surface area (Å²) >= 11 is 1.52. The fraction of sp³-hybridized carbons (Fsp3) is 0.0690. The summed E-state index contributed by atoms with van der Waals surface area (Å²) in [7, 11) is 1.73. The first-order valence-electron chi connectivity index (χ1n) is 11.4. The van der Waals surface area contributed by atoms with Crippen molar-refractivity contribution in [2.75, 3.05) is 7.05 Å². The third-order valence-corrected chi connectivity index (χ3v) is 6.73. The number of aromatic nitrogens is 3. The summed E-state index contributed by atoms with van der Waals surface area (Å²) in [6, 6.07) is 25.7. The molecule has 178 valence electrons. The Morgan fingerprint density at radius 3 is 2.69 bits per heavy atom. The number of H-pyrrole nitrogens is 1. The lowest BCUT2D eigenvalue weighted by molar-refractivity contribution is 0.0781. The molecule has 1 N–H and O–H groups in total. The van der Waals surface area contributed by atoms with Crippen LogP contribution in [0, 0.1) is 5.82 Å². The van der Waals surface area contributed by atoms with Crippen LogP contribution >= 0.6 is 11.8 Å². The second kappa shape index (κ2) is 10.6. The van der Waals surface area contributed by atoms with E-state index in [1.54, 1.807) is 24.2 Å². The number of benzene rings is 3. The summed E-state index contributed by atoms with van der Waals surface area (Å²) in [5, 5.41) is 8.54. The molecule has 0 aliphatic carbocycles. The molecule has 36 heavy (non-hydrogen) atoms. The highest BCUT2D eigenvalue weighted by Crippen LogP contribution is 2.33. The number of halogens is 1. The van der Waals surface area contributed by atoms with Crippen molar-refractivity contribution in [3.05, 3.63) is 119 Å². The zero-order valence-electron chi connectivity index (χ0n) is 19.6. The van der Waals surface area contributed by atoms with E-state index >= 15 is 0 Å². The van der Waals surface area contributed by atoms with Crippen LogP contribution in [-0.4, -0.2) is 33.0 Å². The van der Waals surface area contributed by atoms with E-state index in [9.17, 15) is 9.18 Å². The van der Waals surface area contributed by atoms with Gasteiger partial charge in [-0.05, 0) is 72.3 Å². The Morgan fingerprint density at radius 1 is 1.00 bits per heavy atom. The monoisotopic (exact) mass is 494 g/mol. The third-order valence-electron chi connectivity index (χ3n) is 5.66. The van der Waals surface area contributed by atoms with Crippen LogP contribution < -0.4 is 0 Å². The van der Waals surface area contributed by atoms with E-state index in [2.05, 4.69) is 15.2 Å². The number of amides is 1. The minimum Gasteiger partial charge on any atom is -0.337 e. The maximum Gasteiger partial charge on any atom is 0.255 e. The average Bonchev–Trinajstić information content (AvgIpc) is 3.30. The Hall–Kier alpha value is -4.23. The first-order valence-corrected chi connectivity index (χ1v) is 12.2. The molecule has 0 radical (unpaired) electrons. The van der Waals surface area contributed by atoms with Gasteiger partial charge < -0.3 is 4.90 Å². The molecule has 0 saturated carbocycles. The predicted molar refractivity (Wildman–Crippen MR) is 142 cm³/mol. The molecule has 5 nitrogen and oxygen atoms in total. The van der Waals surface area contributed by atoms with Crippen LogP contribution in [0.1, 0.15) is 27.3 Å². The van der Waals surface area contributed by atoms with E-state index in [0.29, 0.717) is 12.1 Å². The number of carbonyl (C=O) groups excluding carboxylic acids is 1. The summed E-state index contributed by atoms with van der Waals surface area (Å²) in [6.45, 7) is 0.324. The van der Waals surface area contributed by atoms with E-state index in [-0.39, 0.29) is 11.7 Å². The number of hydrogen-bond acceptors (Lipinski definition) is 4. The van der Waals surface area contributed by atoms with Gasteiger partial charge >= 0.3 is 0 Å². The topological polar surface area (TPSA) is 61.9 Å². The number of hydrogen-bond donors (Lipinski definition) is 1. The molecule has 0 spiro atoms. The van der Waals surface area contributed by atoms with Crippen molar-refractivity contribution in [3.8, 4) is 0 Å². The van der Waals surface area contributed by atoms with Gasteiger partial charge in [0, 0.05) is 35.0 Å². The van der Waals surface area contributed by atoms with Crippen molar-refractivity contribution in [1.29, 1.82) is 0 Å². The lowest BCUT2D eigenvalue weighted by Crippen LogP contribution is -2.26. The molecule has 0 bridgehead atoms. The van der Waals surface area contributed by atoms with Gasteiger partial charge in [0.1, 0.15) is 5.82 Å². The van der Waals surface area contributed by atoms with Crippen LogP contribution in [0.2, 0.25) is 0 Å². The molecule has 3 aromatic carbocycles. The number of pyridine rings is 1. The molecule has 0 fully saturated rings. The van der Waals surface area contributed by atoms with E-state index in [1.807, 2.05) is 78.9 Å². The van der Waals surface area contributed by atoms with Gasteiger partial charge in [-0.1, -0.05) is 42.1 Å². The number of carbonyl (C=O) groups is 1. The number of rotatable bonds is 7. The maximum atomic E-state index is 13.6. The Kier molecular flexibility index (Phi) is 6.91. The quantitative estimate of drug-likeness (QED) is 0.274. The summed E-state index contributed by atoms with van der Waals surface area (Å²) in [6.07, 6.45) is 5.63. The van der Waals surface area contributed by atoms with Crippen LogP contribution in [0.5, 0.6) is 0 Å². The molecule has 0 aliphatic rings. The lowest BCUT2D eigenvalue weighted by Gasteiger charge is -2.19. The molecular formula is C29H23FN4OS. The normalized spacial score (nSPS) is 11.3. The fourth-order valence-electron chi connectivity index (χ4n) is 3.90. The van der Waals surface area contributed by atoms with Crippen molar-refractivity contribution >= 4 is 40.7 Å². The zero-order chi connectivity index (χ0) is 24.9. The summed E-state index contributed by atoms with van der Waals surface area (Å²) in [5.74, 6) is -0.430. The van der Waals surface area contributed by atoms with Gasteiger partial charge in [0.15, 0.2) is 0 Å². The Morgan fingerprint density at radius 2 is 1.86 bits per heavy atom. The van der Waals surface area contributed by atoms with Gasteiger partial charge in [-0.2, -0.15) is 5.10 Å². The van der Waals surface area contributed by atoms with Gasteiger partial charge in [-0.3, -0.25) is 14.9 Å². The highest BCUT2D eigenvalue weighted by molar-refractivity contribution is 7.99. The largest absolute Gasteiger partial charge is 0.337 e. The van der Waals surface area contributed by atoms with Crippen molar-refractivity contribution < 1.29 is 9.18 Å². The Balaban J connectivity index is 1.34. The van der Waals surface area contributed by atoms with Crippen molar-refractivity contribution in [2.45, 2.75) is 16.3 Å². The van der Waals surface area contributed by atoms with Crippen LogP contribution in [0.3, 0.4) is 0 Å². The number of nitrogens with one attached hydrogen (secondary N) is 1. The molecular weight excluding hydrogens is 471 g/mol. The molecule has 0 unspecified atom stereocenters. The molecule has 5 rings (SSSR count). The standard InChI is InChI=1S/C29H23FN4OS/c1-34(19-20-7-6-8-21(30)17-20)29(35)25-10-2-3-11-28(25)36-23-13-14-24-26(32-33-27(24)18-23)15-12-22-9-4-5-16-31-22/h2-18H,19H2,1H3,(H,32,33)/b15-12+. The Bertz CT molecular complexity index is 1550. The Labute approximate surface area is 212 Å².